The summed E-state index contributed by atoms with van der Waals surface area (Å²) in [7, 11) is -3.47. The molecule has 0 spiro atoms. The summed E-state index contributed by atoms with van der Waals surface area (Å²) in [5, 5.41) is 4.96. The minimum absolute atomic E-state index is 0.151. The summed E-state index contributed by atoms with van der Waals surface area (Å²) in [5.41, 5.74) is 1.57. The van der Waals surface area contributed by atoms with Crippen molar-refractivity contribution in [1.29, 1.82) is 0 Å². The Bertz CT molecular complexity index is 505. The molecule has 4 nitrogen and oxygen atoms in total. The second kappa shape index (κ2) is 3.67. The molecule has 2 N–H and O–H groups in total. The van der Waals surface area contributed by atoms with Crippen LogP contribution in [0.5, 0.6) is 5.75 Å². The number of benzene rings is 1. The minimum atomic E-state index is -3.47. The number of sulfonamides is 1. The maximum absolute atomic E-state index is 10.9. The molecule has 0 bridgehead atoms. The van der Waals surface area contributed by atoms with Crippen molar-refractivity contribution < 1.29 is 13.2 Å². The van der Waals surface area contributed by atoms with Gasteiger partial charge in [-0.2, -0.15) is 0 Å². The Morgan fingerprint density at radius 1 is 1.33 bits per heavy atom. The van der Waals surface area contributed by atoms with E-state index in [0.717, 1.165) is 11.3 Å². The summed E-state index contributed by atoms with van der Waals surface area (Å²) in [5.74, 6) is 0.622. The first kappa shape index (κ1) is 10.2. The highest BCUT2D eigenvalue weighted by atomic mass is 32.2. The quantitative estimate of drug-likeness (QED) is 0.807. The zero-order chi connectivity index (χ0) is 10.9. The van der Waals surface area contributed by atoms with Crippen LogP contribution in [0.4, 0.5) is 0 Å². The van der Waals surface area contributed by atoms with Crippen LogP contribution < -0.4 is 9.88 Å². The Kier molecular flexibility index (Phi) is 2.50. The summed E-state index contributed by atoms with van der Waals surface area (Å²) in [6.45, 7) is 0.285. The molecule has 1 aromatic carbocycles. The van der Waals surface area contributed by atoms with E-state index in [2.05, 4.69) is 0 Å². The van der Waals surface area contributed by atoms with Crippen LogP contribution in [-0.4, -0.2) is 20.8 Å². The third-order valence-electron chi connectivity index (χ3n) is 2.08. The van der Waals surface area contributed by atoms with Crippen molar-refractivity contribution in [2.75, 3.05) is 12.4 Å². The van der Waals surface area contributed by atoms with Crippen LogP contribution in [0.1, 0.15) is 5.56 Å². The monoisotopic (exact) mass is 225 g/mol. The van der Waals surface area contributed by atoms with Gasteiger partial charge in [-0.15, -0.1) is 0 Å². The molecule has 0 unspecified atom stereocenters. The van der Waals surface area contributed by atoms with Gasteiger partial charge in [0.1, 0.15) is 12.4 Å². The van der Waals surface area contributed by atoms with E-state index in [1.807, 2.05) is 30.3 Å². The number of para-hydroxylation sites is 1. The number of fused-ring (bicyclic) bond motifs is 1. The minimum Gasteiger partial charge on any atom is -0.489 e. The van der Waals surface area contributed by atoms with Gasteiger partial charge in [-0.05, 0) is 17.7 Å². The second-order valence-electron chi connectivity index (χ2n) is 3.44. The van der Waals surface area contributed by atoms with Gasteiger partial charge in [-0.1, -0.05) is 18.2 Å². The summed E-state index contributed by atoms with van der Waals surface area (Å²) < 4.78 is 27.2. The number of rotatable bonds is 2. The van der Waals surface area contributed by atoms with Crippen molar-refractivity contribution in [3.8, 4) is 5.75 Å². The Morgan fingerprint density at radius 3 is 2.80 bits per heavy atom. The lowest BCUT2D eigenvalue weighted by Gasteiger charge is -2.16. The fourth-order valence-electron chi connectivity index (χ4n) is 1.50. The molecule has 0 fully saturated rings. The molecular weight excluding hydrogens is 214 g/mol. The summed E-state index contributed by atoms with van der Waals surface area (Å²) in [6, 6.07) is 7.47. The molecule has 0 saturated heterocycles. The predicted molar refractivity (Wildman–Crippen MR) is 57.9 cm³/mol. The van der Waals surface area contributed by atoms with Gasteiger partial charge in [-0.25, -0.2) is 13.6 Å². The molecule has 2 rings (SSSR count). The summed E-state index contributed by atoms with van der Waals surface area (Å²) >= 11 is 0. The van der Waals surface area contributed by atoms with E-state index in [4.69, 9.17) is 9.88 Å². The third kappa shape index (κ3) is 2.57. The normalized spacial score (nSPS) is 15.1. The lowest BCUT2D eigenvalue weighted by molar-refractivity contribution is 0.347. The first-order valence-corrected chi connectivity index (χ1v) is 6.18. The molecule has 1 aromatic rings. The van der Waals surface area contributed by atoms with Crippen molar-refractivity contribution in [2.45, 2.75) is 0 Å². The van der Waals surface area contributed by atoms with Crippen molar-refractivity contribution >= 4 is 16.1 Å². The van der Waals surface area contributed by atoms with Crippen LogP contribution in [0.3, 0.4) is 0 Å². The predicted octanol–water partition coefficient (Wildman–Crippen LogP) is 0.751. The fraction of sp³-hybridized carbons (Fsp3) is 0.200. The number of primary sulfonamides is 1. The Hall–Kier alpha value is -1.33. The molecule has 5 heteroatoms. The van der Waals surface area contributed by atoms with E-state index in [1.54, 1.807) is 0 Å². The van der Waals surface area contributed by atoms with E-state index in [9.17, 15) is 8.42 Å². The molecular formula is C10H11NO3S. The number of ether oxygens (including phenoxy) is 1. The molecule has 0 radical (unpaired) electrons. The molecule has 0 aliphatic carbocycles. The smallest absolute Gasteiger partial charge is 0.213 e. The maximum Gasteiger partial charge on any atom is 0.213 e. The Labute approximate surface area is 88.4 Å². The van der Waals surface area contributed by atoms with Gasteiger partial charge in [0.05, 0.1) is 5.75 Å². The van der Waals surface area contributed by atoms with Crippen molar-refractivity contribution in [1.82, 2.24) is 0 Å². The standard InChI is InChI=1S/C10H11NO3S/c11-15(12,13)7-8-5-9-3-1-2-4-10(9)14-6-8/h1-5H,6-7H2,(H2,11,12,13). The largest absolute Gasteiger partial charge is 0.489 e. The molecule has 1 heterocycles. The number of nitrogens with two attached hydrogens (primary N) is 1. The zero-order valence-corrected chi connectivity index (χ0v) is 8.83. The molecule has 80 valence electrons. The number of hydrogen-bond donors (Lipinski definition) is 1. The van der Waals surface area contributed by atoms with E-state index < -0.39 is 10.0 Å². The van der Waals surface area contributed by atoms with Crippen LogP contribution >= 0.6 is 0 Å². The van der Waals surface area contributed by atoms with E-state index in [-0.39, 0.29) is 12.4 Å². The van der Waals surface area contributed by atoms with E-state index >= 15 is 0 Å². The van der Waals surface area contributed by atoms with Gasteiger partial charge in [-0.3, -0.25) is 0 Å². The van der Waals surface area contributed by atoms with Crippen LogP contribution in [0.15, 0.2) is 29.8 Å². The average molecular weight is 225 g/mol. The highest BCUT2D eigenvalue weighted by Gasteiger charge is 2.14. The van der Waals surface area contributed by atoms with Gasteiger partial charge in [0.2, 0.25) is 10.0 Å². The van der Waals surface area contributed by atoms with Gasteiger partial charge >= 0.3 is 0 Å². The van der Waals surface area contributed by atoms with Crippen molar-refractivity contribution in [3.05, 3.63) is 35.4 Å². The highest BCUT2D eigenvalue weighted by Crippen LogP contribution is 2.25. The van der Waals surface area contributed by atoms with E-state index in [0.29, 0.717) is 5.57 Å². The fourth-order valence-corrected chi connectivity index (χ4v) is 2.19. The van der Waals surface area contributed by atoms with Crippen LogP contribution in [0, 0.1) is 0 Å². The topological polar surface area (TPSA) is 69.4 Å². The summed E-state index contributed by atoms with van der Waals surface area (Å²) in [6.07, 6.45) is 1.81. The first-order chi connectivity index (χ1) is 7.04. The lowest BCUT2D eigenvalue weighted by Crippen LogP contribution is -2.21. The van der Waals surface area contributed by atoms with Gasteiger partial charge in [0.15, 0.2) is 0 Å². The van der Waals surface area contributed by atoms with Crippen LogP contribution in [0.25, 0.3) is 6.08 Å². The highest BCUT2D eigenvalue weighted by molar-refractivity contribution is 7.89. The van der Waals surface area contributed by atoms with Crippen LogP contribution in [-0.2, 0) is 10.0 Å². The zero-order valence-electron chi connectivity index (χ0n) is 8.01. The SMILES string of the molecule is NS(=O)(=O)CC1=Cc2ccccc2OC1. The Balaban J connectivity index is 2.30. The lowest BCUT2D eigenvalue weighted by atomic mass is 10.1. The van der Waals surface area contributed by atoms with Crippen molar-refractivity contribution in [3.63, 3.8) is 0 Å². The summed E-state index contributed by atoms with van der Waals surface area (Å²) in [4.78, 5) is 0. The van der Waals surface area contributed by atoms with Crippen molar-refractivity contribution in [2.24, 2.45) is 5.14 Å². The Morgan fingerprint density at radius 2 is 2.07 bits per heavy atom. The van der Waals surface area contributed by atoms with E-state index in [1.165, 1.54) is 0 Å². The molecule has 1 aliphatic rings. The molecule has 0 saturated carbocycles. The second-order valence-corrected chi connectivity index (χ2v) is 5.05. The van der Waals surface area contributed by atoms with Gasteiger partial charge in [0, 0.05) is 5.56 Å². The third-order valence-corrected chi connectivity index (χ3v) is 2.85. The average Bonchev–Trinajstić information content (AvgIpc) is 2.15. The maximum atomic E-state index is 10.9. The molecule has 0 amide bonds. The molecule has 15 heavy (non-hydrogen) atoms. The number of hydrogen-bond acceptors (Lipinski definition) is 3. The van der Waals surface area contributed by atoms with Crippen LogP contribution in [0.2, 0.25) is 0 Å². The molecule has 1 aliphatic heterocycles. The molecule has 0 atom stereocenters. The van der Waals surface area contributed by atoms with Gasteiger partial charge in [0.25, 0.3) is 0 Å². The first-order valence-electron chi connectivity index (χ1n) is 4.46. The van der Waals surface area contributed by atoms with Gasteiger partial charge < -0.3 is 4.74 Å². The molecule has 0 aromatic heterocycles.